The summed E-state index contributed by atoms with van der Waals surface area (Å²) in [5, 5.41) is 20.0. The van der Waals surface area contributed by atoms with Crippen LogP contribution in [0.3, 0.4) is 0 Å². The summed E-state index contributed by atoms with van der Waals surface area (Å²) in [6, 6.07) is 15.9. The van der Waals surface area contributed by atoms with Crippen molar-refractivity contribution in [3.05, 3.63) is 47.5 Å². The molecule has 1 aromatic heterocycles. The predicted octanol–water partition coefficient (Wildman–Crippen LogP) is 3.26. The van der Waals surface area contributed by atoms with E-state index in [-0.39, 0.29) is 0 Å². The van der Waals surface area contributed by atoms with Crippen LogP contribution < -0.4 is 0 Å². The quantitative estimate of drug-likeness (QED) is 0.698. The van der Waals surface area contributed by atoms with Gasteiger partial charge in [0.2, 0.25) is 0 Å². The molecule has 18 heavy (non-hydrogen) atoms. The summed E-state index contributed by atoms with van der Waals surface area (Å²) in [7, 11) is 0. The number of hydrogen-bond acceptors (Lipinski definition) is 2. The van der Waals surface area contributed by atoms with Crippen LogP contribution in [0.15, 0.2) is 36.4 Å². The first-order valence-corrected chi connectivity index (χ1v) is 5.64. The summed E-state index contributed by atoms with van der Waals surface area (Å²) in [5.41, 5.74) is 3.47. The maximum atomic E-state index is 9.21. The fourth-order valence-corrected chi connectivity index (χ4v) is 2.34. The number of nitriles is 2. The molecule has 0 aliphatic carbocycles. The van der Waals surface area contributed by atoms with Gasteiger partial charge in [-0.1, -0.05) is 24.3 Å². The second-order valence-corrected chi connectivity index (χ2v) is 4.14. The zero-order valence-electron chi connectivity index (χ0n) is 9.57. The van der Waals surface area contributed by atoms with E-state index in [1.807, 2.05) is 30.3 Å². The van der Waals surface area contributed by atoms with Gasteiger partial charge in [-0.3, -0.25) is 0 Å². The molecule has 3 nitrogen and oxygen atoms in total. The molecule has 0 bridgehead atoms. The Morgan fingerprint density at radius 3 is 2.67 bits per heavy atom. The molecule has 0 saturated heterocycles. The van der Waals surface area contributed by atoms with Gasteiger partial charge in [0, 0.05) is 16.3 Å². The largest absolute Gasteiger partial charge is 0.354 e. The van der Waals surface area contributed by atoms with Gasteiger partial charge in [-0.05, 0) is 17.7 Å². The number of rotatable bonds is 1. The Morgan fingerprint density at radius 2 is 1.89 bits per heavy atom. The molecule has 3 rings (SSSR count). The fourth-order valence-electron chi connectivity index (χ4n) is 2.34. The molecule has 0 fully saturated rings. The van der Waals surface area contributed by atoms with E-state index < -0.39 is 0 Å². The molecule has 84 valence electrons. The maximum Gasteiger partial charge on any atom is 0.0998 e. The van der Waals surface area contributed by atoms with Crippen LogP contribution in [0.25, 0.3) is 21.8 Å². The number of hydrogen-bond donors (Lipinski definition) is 1. The normalized spacial score (nSPS) is 10.3. The molecule has 1 heterocycles. The summed E-state index contributed by atoms with van der Waals surface area (Å²) < 4.78 is 0. The van der Waals surface area contributed by atoms with Crippen molar-refractivity contribution < 1.29 is 0 Å². The number of para-hydroxylation sites is 1. The van der Waals surface area contributed by atoms with Crippen LogP contribution in [0.5, 0.6) is 0 Å². The molecule has 0 aliphatic heterocycles. The Hall–Kier alpha value is -2.78. The lowest BCUT2D eigenvalue weighted by Gasteiger charge is -1.99. The topological polar surface area (TPSA) is 63.4 Å². The SMILES string of the molecule is N#CCc1ccc(C#N)c2c1[nH]c1ccccc12. The molecule has 0 spiro atoms. The summed E-state index contributed by atoms with van der Waals surface area (Å²) in [6.07, 6.45) is 0.342. The smallest absolute Gasteiger partial charge is 0.0998 e. The highest BCUT2D eigenvalue weighted by atomic mass is 14.7. The Balaban J connectivity index is 2.53. The van der Waals surface area contributed by atoms with E-state index in [2.05, 4.69) is 17.1 Å². The molecule has 2 aromatic carbocycles. The minimum Gasteiger partial charge on any atom is -0.354 e. The van der Waals surface area contributed by atoms with Gasteiger partial charge in [-0.15, -0.1) is 0 Å². The van der Waals surface area contributed by atoms with Gasteiger partial charge >= 0.3 is 0 Å². The molecular weight excluding hydrogens is 222 g/mol. The molecular formula is C15H9N3. The van der Waals surface area contributed by atoms with E-state index in [9.17, 15) is 5.26 Å². The lowest BCUT2D eigenvalue weighted by Crippen LogP contribution is -1.86. The van der Waals surface area contributed by atoms with Gasteiger partial charge in [0.15, 0.2) is 0 Å². The highest BCUT2D eigenvalue weighted by Crippen LogP contribution is 2.30. The summed E-state index contributed by atoms with van der Waals surface area (Å²) in [4.78, 5) is 3.30. The van der Waals surface area contributed by atoms with Gasteiger partial charge in [0.05, 0.1) is 29.6 Å². The number of aromatic amines is 1. The highest BCUT2D eigenvalue weighted by Gasteiger charge is 2.11. The molecule has 0 radical (unpaired) electrons. The number of aromatic nitrogens is 1. The molecule has 3 heteroatoms. The monoisotopic (exact) mass is 231 g/mol. The van der Waals surface area contributed by atoms with Crippen molar-refractivity contribution in [1.29, 1.82) is 10.5 Å². The average Bonchev–Trinajstić information content (AvgIpc) is 2.79. The van der Waals surface area contributed by atoms with Crippen molar-refractivity contribution in [2.45, 2.75) is 6.42 Å². The van der Waals surface area contributed by atoms with Crippen molar-refractivity contribution in [3.63, 3.8) is 0 Å². The van der Waals surface area contributed by atoms with E-state index in [0.29, 0.717) is 12.0 Å². The third kappa shape index (κ3) is 1.35. The van der Waals surface area contributed by atoms with Gasteiger partial charge in [-0.25, -0.2) is 0 Å². The average molecular weight is 231 g/mol. The lowest BCUT2D eigenvalue weighted by molar-refractivity contribution is 1.27. The Morgan fingerprint density at radius 1 is 1.06 bits per heavy atom. The summed E-state index contributed by atoms with van der Waals surface area (Å²) in [6.45, 7) is 0. The van der Waals surface area contributed by atoms with Crippen molar-refractivity contribution in [2.75, 3.05) is 0 Å². The second-order valence-electron chi connectivity index (χ2n) is 4.14. The predicted molar refractivity (Wildman–Crippen MR) is 69.8 cm³/mol. The van der Waals surface area contributed by atoms with Crippen molar-refractivity contribution in [3.8, 4) is 12.1 Å². The number of H-pyrrole nitrogens is 1. The molecule has 0 atom stereocenters. The number of benzene rings is 2. The Kier molecular flexibility index (Phi) is 2.25. The minimum absolute atomic E-state index is 0.342. The van der Waals surface area contributed by atoms with Crippen molar-refractivity contribution in [2.24, 2.45) is 0 Å². The zero-order valence-corrected chi connectivity index (χ0v) is 9.57. The van der Waals surface area contributed by atoms with Crippen LogP contribution in [0.2, 0.25) is 0 Å². The third-order valence-corrected chi connectivity index (χ3v) is 3.14. The fraction of sp³-hybridized carbons (Fsp3) is 0.0667. The maximum absolute atomic E-state index is 9.21. The van der Waals surface area contributed by atoms with Crippen LogP contribution >= 0.6 is 0 Å². The molecule has 0 unspecified atom stereocenters. The van der Waals surface area contributed by atoms with Crippen LogP contribution in [-0.4, -0.2) is 4.98 Å². The number of nitrogens with one attached hydrogen (secondary N) is 1. The van der Waals surface area contributed by atoms with E-state index in [0.717, 1.165) is 27.4 Å². The Labute approximate surface area is 104 Å². The lowest BCUT2D eigenvalue weighted by atomic mass is 10.0. The van der Waals surface area contributed by atoms with Crippen molar-refractivity contribution >= 4 is 21.8 Å². The molecule has 1 N–H and O–H groups in total. The van der Waals surface area contributed by atoms with Crippen LogP contribution in [0.4, 0.5) is 0 Å². The van der Waals surface area contributed by atoms with Crippen LogP contribution in [0.1, 0.15) is 11.1 Å². The van der Waals surface area contributed by atoms with E-state index in [4.69, 9.17) is 5.26 Å². The second kappa shape index (κ2) is 3.91. The third-order valence-electron chi connectivity index (χ3n) is 3.14. The molecule has 0 aliphatic rings. The van der Waals surface area contributed by atoms with Gasteiger partial charge in [0.1, 0.15) is 0 Å². The van der Waals surface area contributed by atoms with Crippen LogP contribution in [0, 0.1) is 22.7 Å². The van der Waals surface area contributed by atoms with Crippen LogP contribution in [-0.2, 0) is 6.42 Å². The summed E-state index contributed by atoms with van der Waals surface area (Å²) in [5.74, 6) is 0. The minimum atomic E-state index is 0.342. The van der Waals surface area contributed by atoms with E-state index >= 15 is 0 Å². The molecule has 3 aromatic rings. The molecule has 0 saturated carbocycles. The standard InChI is InChI=1S/C15H9N3/c16-8-7-10-5-6-11(9-17)14-12-3-1-2-4-13(12)18-15(10)14/h1-6,18H,7H2. The number of fused-ring (bicyclic) bond motifs is 3. The van der Waals surface area contributed by atoms with Gasteiger partial charge in [-0.2, -0.15) is 10.5 Å². The first kappa shape index (κ1) is 10.4. The first-order chi connectivity index (χ1) is 8.85. The van der Waals surface area contributed by atoms with Gasteiger partial charge in [0.25, 0.3) is 0 Å². The van der Waals surface area contributed by atoms with Gasteiger partial charge < -0.3 is 4.98 Å². The molecule has 0 amide bonds. The highest BCUT2D eigenvalue weighted by molar-refractivity contribution is 6.10. The zero-order chi connectivity index (χ0) is 12.5. The first-order valence-electron chi connectivity index (χ1n) is 5.64. The van der Waals surface area contributed by atoms with Crippen molar-refractivity contribution in [1.82, 2.24) is 4.98 Å². The number of nitrogens with zero attached hydrogens (tertiary/aromatic N) is 2. The van der Waals surface area contributed by atoms with E-state index in [1.54, 1.807) is 6.07 Å². The Bertz CT molecular complexity index is 828. The summed E-state index contributed by atoms with van der Waals surface area (Å²) >= 11 is 0. The van der Waals surface area contributed by atoms with E-state index in [1.165, 1.54) is 0 Å².